The van der Waals surface area contributed by atoms with E-state index in [1.54, 1.807) is 6.33 Å². The van der Waals surface area contributed by atoms with Crippen molar-refractivity contribution < 1.29 is 0 Å². The van der Waals surface area contributed by atoms with Gasteiger partial charge in [0, 0.05) is 10.6 Å². The van der Waals surface area contributed by atoms with E-state index in [9.17, 15) is 0 Å². The molecule has 1 aromatic heterocycles. The smallest absolute Gasteiger partial charge is 0.158 e. The molecule has 0 atom stereocenters. The Morgan fingerprint density at radius 3 is 2.72 bits per heavy atom. The summed E-state index contributed by atoms with van der Waals surface area (Å²) in [5, 5.41) is 5.12. The zero-order valence-corrected chi connectivity index (χ0v) is 11.4. The summed E-state index contributed by atoms with van der Waals surface area (Å²) in [6.45, 7) is 4.29. The lowest BCUT2D eigenvalue weighted by molar-refractivity contribution is 0.647. The van der Waals surface area contributed by atoms with Crippen molar-refractivity contribution in [3.05, 3.63) is 35.1 Å². The number of benzene rings is 1. The Bertz CT molecular complexity index is 570. The van der Waals surface area contributed by atoms with E-state index in [0.29, 0.717) is 12.0 Å². The molecular formula is C14H16ClN3. The molecule has 0 bridgehead atoms. The highest BCUT2D eigenvalue weighted by atomic mass is 35.5. The van der Waals surface area contributed by atoms with E-state index < -0.39 is 0 Å². The van der Waals surface area contributed by atoms with E-state index in [4.69, 9.17) is 11.6 Å². The van der Waals surface area contributed by atoms with Crippen LogP contribution in [-0.4, -0.2) is 14.8 Å². The maximum atomic E-state index is 6.33. The number of rotatable bonds is 3. The molecule has 3 rings (SSSR count). The molecule has 0 amide bonds. The first-order valence-corrected chi connectivity index (χ1v) is 6.74. The van der Waals surface area contributed by atoms with Crippen molar-refractivity contribution in [1.29, 1.82) is 0 Å². The summed E-state index contributed by atoms with van der Waals surface area (Å²) in [5.41, 5.74) is 2.23. The monoisotopic (exact) mass is 261 g/mol. The van der Waals surface area contributed by atoms with Crippen LogP contribution in [0.1, 0.15) is 44.2 Å². The molecule has 0 aliphatic heterocycles. The van der Waals surface area contributed by atoms with Crippen molar-refractivity contribution in [2.45, 2.75) is 38.6 Å². The average molecular weight is 262 g/mol. The van der Waals surface area contributed by atoms with E-state index >= 15 is 0 Å². The largest absolute Gasteiger partial charge is 0.243 e. The summed E-state index contributed by atoms with van der Waals surface area (Å²) >= 11 is 6.33. The molecule has 18 heavy (non-hydrogen) atoms. The summed E-state index contributed by atoms with van der Waals surface area (Å²) in [7, 11) is 0. The molecule has 0 radical (unpaired) electrons. The van der Waals surface area contributed by atoms with Gasteiger partial charge in [-0.3, -0.25) is 0 Å². The first kappa shape index (κ1) is 11.7. The van der Waals surface area contributed by atoms with Crippen molar-refractivity contribution in [3.63, 3.8) is 0 Å². The second kappa shape index (κ2) is 4.39. The molecule has 0 spiro atoms. The van der Waals surface area contributed by atoms with E-state index in [-0.39, 0.29) is 0 Å². The predicted octanol–water partition coefficient (Wildman–Crippen LogP) is 4.06. The molecule has 4 heteroatoms. The highest BCUT2D eigenvalue weighted by Gasteiger charge is 2.27. The SMILES string of the molecule is CC(C)c1ccc(-c2ncnn2C2CC2)cc1Cl. The molecule has 0 saturated heterocycles. The van der Waals surface area contributed by atoms with Gasteiger partial charge < -0.3 is 0 Å². The highest BCUT2D eigenvalue weighted by Crippen LogP contribution is 2.37. The Morgan fingerprint density at radius 1 is 1.33 bits per heavy atom. The first-order valence-electron chi connectivity index (χ1n) is 6.36. The Labute approximate surface area is 112 Å². The van der Waals surface area contributed by atoms with Crippen LogP contribution in [0.5, 0.6) is 0 Å². The lowest BCUT2D eigenvalue weighted by atomic mass is 10.0. The molecule has 0 unspecified atom stereocenters. The molecule has 1 fully saturated rings. The van der Waals surface area contributed by atoms with Gasteiger partial charge in [-0.05, 0) is 30.4 Å². The van der Waals surface area contributed by atoms with Crippen LogP contribution in [0.15, 0.2) is 24.5 Å². The summed E-state index contributed by atoms with van der Waals surface area (Å²) in [4.78, 5) is 4.36. The average Bonchev–Trinajstić information content (AvgIpc) is 3.06. The lowest BCUT2D eigenvalue weighted by Crippen LogP contribution is -2.00. The molecule has 94 valence electrons. The molecule has 1 aliphatic carbocycles. The van der Waals surface area contributed by atoms with Crippen molar-refractivity contribution in [2.24, 2.45) is 0 Å². The number of aromatic nitrogens is 3. The van der Waals surface area contributed by atoms with Gasteiger partial charge >= 0.3 is 0 Å². The zero-order valence-electron chi connectivity index (χ0n) is 10.6. The molecule has 2 aromatic rings. The third-order valence-corrected chi connectivity index (χ3v) is 3.67. The van der Waals surface area contributed by atoms with Gasteiger partial charge in [0.15, 0.2) is 5.82 Å². The first-order chi connectivity index (χ1) is 8.66. The normalized spacial score (nSPS) is 15.3. The van der Waals surface area contributed by atoms with Crippen LogP contribution in [0.2, 0.25) is 5.02 Å². The summed E-state index contributed by atoms with van der Waals surface area (Å²) in [6.07, 6.45) is 4.03. The molecule has 1 aromatic carbocycles. The van der Waals surface area contributed by atoms with Crippen molar-refractivity contribution in [1.82, 2.24) is 14.8 Å². The third-order valence-electron chi connectivity index (χ3n) is 3.35. The fraction of sp³-hybridized carbons (Fsp3) is 0.429. The quantitative estimate of drug-likeness (QED) is 0.834. The standard InChI is InChI=1S/C14H16ClN3/c1-9(2)12-6-3-10(7-13(12)15)14-16-8-17-18(14)11-4-5-11/h3,6-9,11H,4-5H2,1-2H3. The van der Waals surface area contributed by atoms with Crippen LogP contribution in [0.3, 0.4) is 0 Å². The summed E-state index contributed by atoms with van der Waals surface area (Å²) in [5.74, 6) is 1.36. The molecule has 1 saturated carbocycles. The van der Waals surface area contributed by atoms with Crippen LogP contribution in [-0.2, 0) is 0 Å². The van der Waals surface area contributed by atoms with Gasteiger partial charge in [0.2, 0.25) is 0 Å². The summed E-state index contributed by atoms with van der Waals surface area (Å²) < 4.78 is 2.01. The van der Waals surface area contributed by atoms with Gasteiger partial charge in [0.05, 0.1) is 6.04 Å². The fourth-order valence-corrected chi connectivity index (χ4v) is 2.58. The van der Waals surface area contributed by atoms with E-state index in [0.717, 1.165) is 16.4 Å². The van der Waals surface area contributed by atoms with Gasteiger partial charge in [-0.1, -0.05) is 37.6 Å². The number of hydrogen-bond donors (Lipinski definition) is 0. The molecule has 3 nitrogen and oxygen atoms in total. The van der Waals surface area contributed by atoms with Crippen LogP contribution in [0.4, 0.5) is 0 Å². The second-order valence-electron chi connectivity index (χ2n) is 5.15. The van der Waals surface area contributed by atoms with Crippen molar-refractivity contribution in [2.75, 3.05) is 0 Å². The van der Waals surface area contributed by atoms with Crippen LogP contribution in [0, 0.1) is 0 Å². The Hall–Kier alpha value is -1.35. The molecular weight excluding hydrogens is 246 g/mol. The maximum absolute atomic E-state index is 6.33. The van der Waals surface area contributed by atoms with Gasteiger partial charge in [0.25, 0.3) is 0 Å². The minimum absolute atomic E-state index is 0.438. The van der Waals surface area contributed by atoms with Gasteiger partial charge in [-0.2, -0.15) is 5.10 Å². The molecule has 1 heterocycles. The number of nitrogens with zero attached hydrogens (tertiary/aromatic N) is 3. The minimum atomic E-state index is 0.438. The van der Waals surface area contributed by atoms with Crippen LogP contribution < -0.4 is 0 Å². The maximum Gasteiger partial charge on any atom is 0.158 e. The predicted molar refractivity (Wildman–Crippen MR) is 72.8 cm³/mol. The topological polar surface area (TPSA) is 30.7 Å². The molecule has 0 N–H and O–H groups in total. The Kier molecular flexibility index (Phi) is 2.86. The van der Waals surface area contributed by atoms with Gasteiger partial charge in [-0.25, -0.2) is 9.67 Å². The Balaban J connectivity index is 2.01. The van der Waals surface area contributed by atoms with E-state index in [1.807, 2.05) is 10.7 Å². The number of hydrogen-bond acceptors (Lipinski definition) is 2. The van der Waals surface area contributed by atoms with Crippen molar-refractivity contribution >= 4 is 11.6 Å². The Morgan fingerprint density at radius 2 is 2.11 bits per heavy atom. The van der Waals surface area contributed by atoms with Crippen LogP contribution >= 0.6 is 11.6 Å². The lowest BCUT2D eigenvalue weighted by Gasteiger charge is -2.10. The third kappa shape index (κ3) is 2.03. The minimum Gasteiger partial charge on any atom is -0.243 e. The second-order valence-corrected chi connectivity index (χ2v) is 5.56. The fourth-order valence-electron chi connectivity index (χ4n) is 2.18. The number of halogens is 1. The van der Waals surface area contributed by atoms with E-state index in [2.05, 4.69) is 36.1 Å². The highest BCUT2D eigenvalue weighted by molar-refractivity contribution is 6.31. The summed E-state index contributed by atoms with van der Waals surface area (Å²) in [6, 6.07) is 6.71. The van der Waals surface area contributed by atoms with Crippen LogP contribution in [0.25, 0.3) is 11.4 Å². The van der Waals surface area contributed by atoms with Gasteiger partial charge in [-0.15, -0.1) is 0 Å². The van der Waals surface area contributed by atoms with Crippen molar-refractivity contribution in [3.8, 4) is 11.4 Å². The molecule has 1 aliphatic rings. The van der Waals surface area contributed by atoms with Gasteiger partial charge in [0.1, 0.15) is 6.33 Å². The van der Waals surface area contributed by atoms with E-state index in [1.165, 1.54) is 18.4 Å². The zero-order chi connectivity index (χ0) is 12.7.